The first-order valence-electron chi connectivity index (χ1n) is 8.08. The van der Waals surface area contributed by atoms with E-state index in [1.807, 2.05) is 0 Å². The topological polar surface area (TPSA) is 0 Å². The smallest absolute Gasteiger partial charge is 0.0169 e. The molecule has 0 bridgehead atoms. The molecule has 0 amide bonds. The second-order valence-electron chi connectivity index (χ2n) is 5.72. The van der Waals surface area contributed by atoms with E-state index in [9.17, 15) is 0 Å². The molecule has 0 saturated heterocycles. The quantitative estimate of drug-likeness (QED) is 0.372. The molecule has 0 radical (unpaired) electrons. The standard InChI is InChI=1S/C23H17P/c1-4-10-18(11-5-1)21-16-22(19-12-6-2-7-13-19)23(24-17-21)20-14-8-3-9-15-20/h1-17H. The van der Waals surface area contributed by atoms with Crippen LogP contribution < -0.4 is 0 Å². The van der Waals surface area contributed by atoms with Crippen molar-refractivity contribution in [1.29, 1.82) is 0 Å². The Morgan fingerprint density at radius 2 is 0.958 bits per heavy atom. The van der Waals surface area contributed by atoms with E-state index in [1.54, 1.807) is 0 Å². The van der Waals surface area contributed by atoms with Crippen molar-refractivity contribution in [2.24, 2.45) is 0 Å². The Labute approximate surface area is 144 Å². The van der Waals surface area contributed by atoms with Crippen LogP contribution in [0.2, 0.25) is 0 Å². The van der Waals surface area contributed by atoms with E-state index in [0.717, 1.165) is 0 Å². The molecule has 24 heavy (non-hydrogen) atoms. The summed E-state index contributed by atoms with van der Waals surface area (Å²) in [6, 6.07) is 34.3. The molecule has 3 aromatic carbocycles. The van der Waals surface area contributed by atoms with Crippen LogP contribution in [0.3, 0.4) is 0 Å². The Bertz CT molecular complexity index is 929. The molecule has 0 nitrogen and oxygen atoms in total. The van der Waals surface area contributed by atoms with Crippen LogP contribution in [0.4, 0.5) is 0 Å². The van der Waals surface area contributed by atoms with Gasteiger partial charge in [-0.1, -0.05) is 99.2 Å². The summed E-state index contributed by atoms with van der Waals surface area (Å²) in [6.45, 7) is 0. The van der Waals surface area contributed by atoms with Crippen LogP contribution in [0.15, 0.2) is 103 Å². The van der Waals surface area contributed by atoms with Gasteiger partial charge in [0.05, 0.1) is 0 Å². The minimum atomic E-state index is 1.24. The summed E-state index contributed by atoms with van der Waals surface area (Å²) in [5.74, 6) is 2.31. The first-order valence-corrected chi connectivity index (χ1v) is 9.04. The molecule has 4 aromatic rings. The molecule has 0 atom stereocenters. The molecular formula is C23H17P. The molecule has 0 aliphatic rings. The van der Waals surface area contributed by atoms with Crippen molar-refractivity contribution >= 4 is 8.19 Å². The lowest BCUT2D eigenvalue weighted by Gasteiger charge is -2.12. The molecular weight excluding hydrogens is 307 g/mol. The molecule has 114 valence electrons. The van der Waals surface area contributed by atoms with Gasteiger partial charge in [-0.15, -0.1) is 0 Å². The number of benzene rings is 3. The van der Waals surface area contributed by atoms with Crippen molar-refractivity contribution in [2.45, 2.75) is 0 Å². The molecule has 1 heterocycles. The fraction of sp³-hybridized carbons (Fsp3) is 0. The SMILES string of the molecule is c1ccc(-c2cpc(-c3ccccc3)c(-c3ccccc3)c2)cc1. The molecule has 0 unspecified atom stereocenters. The zero-order valence-corrected chi connectivity index (χ0v) is 14.2. The zero-order chi connectivity index (χ0) is 16.2. The average molecular weight is 324 g/mol. The minimum absolute atomic E-state index is 1.24. The first kappa shape index (κ1) is 14.9. The van der Waals surface area contributed by atoms with E-state index in [-0.39, 0.29) is 0 Å². The van der Waals surface area contributed by atoms with Crippen LogP contribution in [-0.4, -0.2) is 0 Å². The fourth-order valence-electron chi connectivity index (χ4n) is 2.92. The van der Waals surface area contributed by atoms with Crippen LogP contribution >= 0.6 is 8.19 Å². The van der Waals surface area contributed by atoms with Crippen molar-refractivity contribution in [2.75, 3.05) is 0 Å². The maximum atomic E-state index is 2.32. The van der Waals surface area contributed by atoms with Crippen molar-refractivity contribution in [3.05, 3.63) is 103 Å². The van der Waals surface area contributed by atoms with E-state index in [1.165, 1.54) is 41.3 Å². The van der Waals surface area contributed by atoms with E-state index < -0.39 is 0 Å². The predicted molar refractivity (Wildman–Crippen MR) is 105 cm³/mol. The van der Waals surface area contributed by atoms with E-state index in [2.05, 4.69) is 103 Å². The van der Waals surface area contributed by atoms with Gasteiger partial charge in [0.1, 0.15) is 0 Å². The summed E-state index contributed by atoms with van der Waals surface area (Å²) < 4.78 is 0. The third kappa shape index (κ3) is 3.02. The highest BCUT2D eigenvalue weighted by Gasteiger charge is 2.10. The van der Waals surface area contributed by atoms with Crippen LogP contribution in [0, 0.1) is 0 Å². The van der Waals surface area contributed by atoms with Crippen molar-refractivity contribution in [3.8, 4) is 33.1 Å². The summed E-state index contributed by atoms with van der Waals surface area (Å²) >= 11 is 0. The maximum absolute atomic E-state index is 2.32. The Hall–Kier alpha value is -2.69. The highest BCUT2D eigenvalue weighted by atomic mass is 31.0. The van der Waals surface area contributed by atoms with Gasteiger partial charge in [0.15, 0.2) is 0 Å². The van der Waals surface area contributed by atoms with Gasteiger partial charge in [0.25, 0.3) is 0 Å². The van der Waals surface area contributed by atoms with Gasteiger partial charge in [-0.3, -0.25) is 0 Å². The Balaban J connectivity index is 1.92. The first-order chi connectivity index (χ1) is 11.9. The van der Waals surface area contributed by atoms with Gasteiger partial charge >= 0.3 is 0 Å². The molecule has 1 aromatic heterocycles. The molecule has 0 spiro atoms. The van der Waals surface area contributed by atoms with E-state index in [4.69, 9.17) is 0 Å². The predicted octanol–water partition coefficient (Wildman–Crippen LogP) is 7.27. The number of rotatable bonds is 3. The minimum Gasteiger partial charge on any atom is -0.0665 e. The van der Waals surface area contributed by atoms with E-state index >= 15 is 0 Å². The molecule has 0 aliphatic heterocycles. The molecule has 0 aliphatic carbocycles. The lowest BCUT2D eigenvalue weighted by atomic mass is 9.99. The monoisotopic (exact) mass is 324 g/mol. The largest absolute Gasteiger partial charge is 0.0665 e. The van der Waals surface area contributed by atoms with Crippen molar-refractivity contribution in [1.82, 2.24) is 0 Å². The molecule has 0 saturated carbocycles. The zero-order valence-electron chi connectivity index (χ0n) is 13.3. The second-order valence-corrected chi connectivity index (χ2v) is 6.68. The van der Waals surface area contributed by atoms with E-state index in [0.29, 0.717) is 0 Å². The molecule has 1 heteroatoms. The highest BCUT2D eigenvalue weighted by molar-refractivity contribution is 7.33. The Morgan fingerprint density at radius 1 is 0.458 bits per heavy atom. The van der Waals surface area contributed by atoms with Gasteiger partial charge in [-0.2, -0.15) is 0 Å². The highest BCUT2D eigenvalue weighted by Crippen LogP contribution is 2.41. The third-order valence-electron chi connectivity index (χ3n) is 4.13. The normalized spacial score (nSPS) is 10.8. The molecule has 4 rings (SSSR count). The van der Waals surface area contributed by atoms with Crippen LogP contribution in [0.25, 0.3) is 33.1 Å². The summed E-state index contributed by atoms with van der Waals surface area (Å²) in [5.41, 5.74) is 6.43. The lowest BCUT2D eigenvalue weighted by molar-refractivity contribution is 1.61. The van der Waals surface area contributed by atoms with Crippen molar-refractivity contribution < 1.29 is 0 Å². The van der Waals surface area contributed by atoms with Gasteiger partial charge in [-0.25, -0.2) is 0 Å². The second kappa shape index (κ2) is 6.83. The molecule has 0 N–H and O–H groups in total. The van der Waals surface area contributed by atoms with Gasteiger partial charge in [-0.05, 0) is 39.7 Å². The van der Waals surface area contributed by atoms with Gasteiger partial charge < -0.3 is 0 Å². The maximum Gasteiger partial charge on any atom is 0.0169 e. The Morgan fingerprint density at radius 3 is 1.54 bits per heavy atom. The fourth-order valence-corrected chi connectivity index (χ4v) is 4.04. The van der Waals surface area contributed by atoms with Crippen LogP contribution in [0.1, 0.15) is 0 Å². The average Bonchev–Trinajstić information content (AvgIpc) is 2.69. The summed E-state index contributed by atoms with van der Waals surface area (Å²) in [5, 5.41) is 1.36. The third-order valence-corrected chi connectivity index (χ3v) is 5.29. The summed E-state index contributed by atoms with van der Waals surface area (Å²) in [6.07, 6.45) is 0. The Kier molecular flexibility index (Phi) is 4.23. The van der Waals surface area contributed by atoms with Gasteiger partial charge in [0.2, 0.25) is 0 Å². The summed E-state index contributed by atoms with van der Waals surface area (Å²) in [7, 11) is 1.24. The van der Waals surface area contributed by atoms with Crippen LogP contribution in [0.5, 0.6) is 0 Å². The van der Waals surface area contributed by atoms with Crippen LogP contribution in [-0.2, 0) is 0 Å². The molecule has 0 fully saturated rings. The van der Waals surface area contributed by atoms with Crippen molar-refractivity contribution in [3.63, 3.8) is 0 Å². The number of hydrogen-bond donors (Lipinski definition) is 0. The van der Waals surface area contributed by atoms with Gasteiger partial charge in [0, 0.05) is 5.30 Å². The summed E-state index contributed by atoms with van der Waals surface area (Å²) in [4.78, 5) is 0. The lowest BCUT2D eigenvalue weighted by Crippen LogP contribution is -1.84. The number of hydrogen-bond acceptors (Lipinski definition) is 0.